The van der Waals surface area contributed by atoms with Crippen LogP contribution in [0.3, 0.4) is 0 Å². The lowest BCUT2D eigenvalue weighted by Crippen LogP contribution is -2.51. The van der Waals surface area contributed by atoms with Crippen LogP contribution in [0.25, 0.3) is 0 Å². The van der Waals surface area contributed by atoms with Gasteiger partial charge in [-0.25, -0.2) is 9.69 Å². The molecule has 2 aliphatic rings. The molecule has 2 atom stereocenters. The van der Waals surface area contributed by atoms with E-state index < -0.39 is 0 Å². The van der Waals surface area contributed by atoms with Gasteiger partial charge < -0.3 is 10.2 Å². The number of para-hydroxylation sites is 1. The Hall–Kier alpha value is -2.66. The minimum absolute atomic E-state index is 0.0968. The molecule has 0 aromatic heterocycles. The zero-order valence-corrected chi connectivity index (χ0v) is 17.7. The van der Waals surface area contributed by atoms with E-state index in [1.807, 2.05) is 35.2 Å². The first-order valence-corrected chi connectivity index (χ1v) is 11.1. The first kappa shape index (κ1) is 20.6. The summed E-state index contributed by atoms with van der Waals surface area (Å²) in [6.07, 6.45) is 3.79. The van der Waals surface area contributed by atoms with Gasteiger partial charge >= 0.3 is 6.03 Å². The molecule has 3 amide bonds. The molecular weight excluding hydrogens is 374 g/mol. The van der Waals surface area contributed by atoms with E-state index in [9.17, 15) is 9.59 Å². The van der Waals surface area contributed by atoms with Gasteiger partial charge in [0.05, 0.1) is 11.6 Å². The van der Waals surface area contributed by atoms with Gasteiger partial charge in [-0.3, -0.25) is 4.79 Å². The van der Waals surface area contributed by atoms with Gasteiger partial charge in [0.25, 0.3) is 0 Å². The fraction of sp³-hybridized carbons (Fsp3) is 0.440. The second-order valence-electron chi connectivity index (χ2n) is 8.37. The third kappa shape index (κ3) is 4.41. The van der Waals surface area contributed by atoms with Crippen molar-refractivity contribution >= 4 is 17.6 Å². The minimum atomic E-state index is -0.221. The first-order valence-electron chi connectivity index (χ1n) is 11.1. The van der Waals surface area contributed by atoms with Crippen LogP contribution in [-0.2, 0) is 11.2 Å². The number of rotatable bonds is 4. The van der Waals surface area contributed by atoms with Crippen LogP contribution in [0.15, 0.2) is 54.6 Å². The molecule has 1 N–H and O–H groups in total. The molecule has 5 heteroatoms. The second kappa shape index (κ2) is 9.43. The molecule has 158 valence electrons. The van der Waals surface area contributed by atoms with E-state index in [2.05, 4.69) is 36.5 Å². The molecule has 2 aromatic rings. The maximum absolute atomic E-state index is 13.6. The minimum Gasteiger partial charge on any atom is -0.324 e. The monoisotopic (exact) mass is 405 g/mol. The predicted octanol–water partition coefficient (Wildman–Crippen LogP) is 4.19. The Morgan fingerprint density at radius 3 is 2.37 bits per heavy atom. The average molecular weight is 406 g/mol. The summed E-state index contributed by atoms with van der Waals surface area (Å²) < 4.78 is 0. The third-order valence-corrected chi connectivity index (χ3v) is 6.36. The molecule has 4 rings (SSSR count). The fourth-order valence-corrected chi connectivity index (χ4v) is 4.55. The predicted molar refractivity (Wildman–Crippen MR) is 120 cm³/mol. The number of carbonyl (C=O) groups is 2. The topological polar surface area (TPSA) is 52.7 Å². The van der Waals surface area contributed by atoms with Crippen LogP contribution in [0.5, 0.6) is 0 Å². The number of imide groups is 1. The number of anilines is 1. The van der Waals surface area contributed by atoms with Crippen molar-refractivity contribution in [1.82, 2.24) is 10.2 Å². The summed E-state index contributed by atoms with van der Waals surface area (Å²) in [5.74, 6) is -0.0417. The Balaban J connectivity index is 1.54. The highest BCUT2D eigenvalue weighted by Gasteiger charge is 2.36. The Morgan fingerprint density at radius 1 is 1.00 bits per heavy atom. The van der Waals surface area contributed by atoms with Gasteiger partial charge in [0.15, 0.2) is 0 Å². The van der Waals surface area contributed by atoms with E-state index in [1.54, 1.807) is 0 Å². The largest absolute Gasteiger partial charge is 0.331 e. The summed E-state index contributed by atoms with van der Waals surface area (Å²) in [4.78, 5) is 30.1. The van der Waals surface area contributed by atoms with Gasteiger partial charge in [-0.1, -0.05) is 49.4 Å². The van der Waals surface area contributed by atoms with Crippen LogP contribution in [0.4, 0.5) is 10.5 Å². The quantitative estimate of drug-likeness (QED) is 0.830. The Kier molecular flexibility index (Phi) is 6.48. The molecule has 2 saturated heterocycles. The first-order chi connectivity index (χ1) is 14.7. The number of carbonyl (C=O) groups excluding carboxylic acids is 2. The summed E-state index contributed by atoms with van der Waals surface area (Å²) in [5.41, 5.74) is 3.24. The molecule has 5 nitrogen and oxygen atoms in total. The Morgan fingerprint density at radius 2 is 1.70 bits per heavy atom. The summed E-state index contributed by atoms with van der Waals surface area (Å²) >= 11 is 0. The Bertz CT molecular complexity index is 860. The molecule has 0 radical (unpaired) electrons. The number of nitrogens with one attached hydrogen (secondary N) is 1. The Labute approximate surface area is 179 Å². The molecule has 0 bridgehead atoms. The van der Waals surface area contributed by atoms with Crippen LogP contribution in [0.1, 0.15) is 43.2 Å². The van der Waals surface area contributed by atoms with Crippen molar-refractivity contribution in [2.45, 2.75) is 38.5 Å². The number of aryl methyl sites for hydroxylation is 1. The van der Waals surface area contributed by atoms with Gasteiger partial charge in [0.2, 0.25) is 5.91 Å². The van der Waals surface area contributed by atoms with Gasteiger partial charge in [-0.2, -0.15) is 0 Å². The number of likely N-dealkylation sites (tertiary alicyclic amines) is 1. The van der Waals surface area contributed by atoms with Crippen molar-refractivity contribution in [1.29, 1.82) is 0 Å². The third-order valence-electron chi connectivity index (χ3n) is 6.36. The van der Waals surface area contributed by atoms with Gasteiger partial charge in [-0.05, 0) is 54.9 Å². The number of amides is 3. The molecule has 2 aromatic carbocycles. The van der Waals surface area contributed by atoms with Crippen LogP contribution in [-0.4, -0.2) is 43.0 Å². The molecule has 2 fully saturated rings. The number of hydrogen-bond acceptors (Lipinski definition) is 3. The lowest BCUT2D eigenvalue weighted by atomic mass is 9.84. The molecule has 0 saturated carbocycles. The average Bonchev–Trinajstić information content (AvgIpc) is 3.35. The van der Waals surface area contributed by atoms with Crippen LogP contribution in [0, 0.1) is 5.92 Å². The maximum atomic E-state index is 13.6. The number of benzene rings is 2. The zero-order valence-electron chi connectivity index (χ0n) is 17.7. The molecule has 0 aliphatic carbocycles. The normalized spacial score (nSPS) is 21.4. The van der Waals surface area contributed by atoms with Crippen LogP contribution in [0.2, 0.25) is 0 Å². The van der Waals surface area contributed by atoms with E-state index in [0.717, 1.165) is 45.3 Å². The zero-order chi connectivity index (χ0) is 20.9. The lowest BCUT2D eigenvalue weighted by Gasteiger charge is -2.34. The smallest absolute Gasteiger partial charge is 0.324 e. The molecule has 30 heavy (non-hydrogen) atoms. The number of nitrogens with zero attached hydrogens (tertiary/aromatic N) is 2. The maximum Gasteiger partial charge on any atom is 0.331 e. The van der Waals surface area contributed by atoms with Crippen molar-refractivity contribution in [2.24, 2.45) is 5.92 Å². The summed E-state index contributed by atoms with van der Waals surface area (Å²) in [5, 5.41) is 3.44. The highest BCUT2D eigenvalue weighted by atomic mass is 16.2. The second-order valence-corrected chi connectivity index (χ2v) is 8.37. The highest BCUT2D eigenvalue weighted by Crippen LogP contribution is 2.30. The number of piperidine rings is 1. The van der Waals surface area contributed by atoms with Crippen molar-refractivity contribution in [3.8, 4) is 0 Å². The molecular formula is C25H31N3O2. The summed E-state index contributed by atoms with van der Waals surface area (Å²) in [6.45, 7) is 5.08. The van der Waals surface area contributed by atoms with E-state index >= 15 is 0 Å². The molecule has 2 aliphatic heterocycles. The highest BCUT2D eigenvalue weighted by molar-refractivity contribution is 6.15. The summed E-state index contributed by atoms with van der Waals surface area (Å²) in [7, 11) is 0. The lowest BCUT2D eigenvalue weighted by molar-refractivity contribution is -0.122. The fourth-order valence-electron chi connectivity index (χ4n) is 4.55. The number of hydrogen-bond donors (Lipinski definition) is 1. The van der Waals surface area contributed by atoms with Gasteiger partial charge in [-0.15, -0.1) is 0 Å². The van der Waals surface area contributed by atoms with Crippen molar-refractivity contribution in [3.63, 3.8) is 0 Å². The van der Waals surface area contributed by atoms with Crippen molar-refractivity contribution in [2.75, 3.05) is 31.1 Å². The van der Waals surface area contributed by atoms with E-state index in [1.165, 1.54) is 16.0 Å². The van der Waals surface area contributed by atoms with Crippen molar-refractivity contribution < 1.29 is 9.59 Å². The summed E-state index contributed by atoms with van der Waals surface area (Å²) in [6, 6.07) is 17.9. The molecule has 0 spiro atoms. The number of urea groups is 1. The standard InChI is InChI=1S/C25H31N3O2/c1-2-19-10-12-20(13-11-19)21-16-22(18-26-17-21)24(29)28(23-8-4-3-5-9-23)25(30)27-14-6-7-15-27/h3-5,8-13,21-22,26H,2,6-7,14-18H2,1H3. The molecule has 2 unspecified atom stereocenters. The van der Waals surface area contributed by atoms with Gasteiger partial charge in [0, 0.05) is 26.2 Å². The SMILES string of the molecule is CCc1ccc(C2CNCC(C(=O)N(C(=O)N3CCCC3)c3ccccc3)C2)cc1. The van der Waals surface area contributed by atoms with Crippen LogP contribution >= 0.6 is 0 Å². The molecule has 2 heterocycles. The van der Waals surface area contributed by atoms with E-state index in [4.69, 9.17) is 0 Å². The van der Waals surface area contributed by atoms with E-state index in [-0.39, 0.29) is 23.8 Å². The van der Waals surface area contributed by atoms with Crippen molar-refractivity contribution in [3.05, 3.63) is 65.7 Å². The van der Waals surface area contributed by atoms with Crippen LogP contribution < -0.4 is 10.2 Å². The van der Waals surface area contributed by atoms with Gasteiger partial charge in [0.1, 0.15) is 0 Å². The van der Waals surface area contributed by atoms with E-state index in [0.29, 0.717) is 12.2 Å².